The van der Waals surface area contributed by atoms with Crippen LogP contribution in [0, 0.1) is 0 Å². The van der Waals surface area contributed by atoms with Gasteiger partial charge < -0.3 is 10.0 Å². The lowest BCUT2D eigenvalue weighted by Crippen LogP contribution is -2.44. The molecule has 124 valence electrons. The summed E-state index contributed by atoms with van der Waals surface area (Å²) in [6.07, 6.45) is 5.74. The zero-order chi connectivity index (χ0) is 17.2. The Morgan fingerprint density at radius 1 is 1.12 bits per heavy atom. The van der Waals surface area contributed by atoms with Crippen LogP contribution in [-0.2, 0) is 4.79 Å². The smallest absolute Gasteiger partial charge is 0.358 e. The van der Waals surface area contributed by atoms with Gasteiger partial charge in [-0.15, -0.1) is 0 Å². The Morgan fingerprint density at radius 2 is 1.92 bits per heavy atom. The standard InChI is InChI=1S/C19H16N4O2/c24-19(25)17-18-22-15(14-8-4-5-9-20-14)12-16(23(18)11-10-21-17)13-6-2-1-3-7-13/h1-11,15-16H,12H2,(H,24,25). The van der Waals surface area contributed by atoms with E-state index >= 15 is 0 Å². The molecule has 0 radical (unpaired) electrons. The zero-order valence-corrected chi connectivity index (χ0v) is 13.4. The van der Waals surface area contributed by atoms with E-state index in [4.69, 9.17) is 0 Å². The number of carboxylic acid groups (broad SMARTS) is 1. The van der Waals surface area contributed by atoms with Crippen LogP contribution in [0.1, 0.15) is 29.8 Å². The summed E-state index contributed by atoms with van der Waals surface area (Å²) in [5.41, 5.74) is 1.89. The number of carboxylic acids is 1. The molecule has 0 spiro atoms. The summed E-state index contributed by atoms with van der Waals surface area (Å²) in [5.74, 6) is -0.702. The first-order valence-corrected chi connectivity index (χ1v) is 8.04. The largest absolute Gasteiger partial charge is 0.476 e. The van der Waals surface area contributed by atoms with E-state index in [2.05, 4.69) is 15.0 Å². The third kappa shape index (κ3) is 2.82. The van der Waals surface area contributed by atoms with Crippen LogP contribution in [0.5, 0.6) is 0 Å². The minimum atomic E-state index is -1.08. The van der Waals surface area contributed by atoms with E-state index in [1.54, 1.807) is 12.4 Å². The predicted octanol–water partition coefficient (Wildman–Crippen LogP) is 2.98. The molecule has 6 nitrogen and oxygen atoms in total. The predicted molar refractivity (Wildman–Crippen MR) is 94.3 cm³/mol. The average molecular weight is 332 g/mol. The van der Waals surface area contributed by atoms with Gasteiger partial charge in [0.05, 0.1) is 17.8 Å². The lowest BCUT2D eigenvalue weighted by atomic mass is 9.93. The summed E-state index contributed by atoms with van der Waals surface area (Å²) in [6, 6.07) is 15.5. The fraction of sp³-hybridized carbons (Fsp3) is 0.158. The number of carbonyl (C=O) groups is 1. The molecule has 2 unspecified atom stereocenters. The number of fused-ring (bicyclic) bond motifs is 1. The van der Waals surface area contributed by atoms with Crippen LogP contribution < -0.4 is 0 Å². The van der Waals surface area contributed by atoms with Crippen LogP contribution in [0.2, 0.25) is 0 Å². The monoisotopic (exact) mass is 332 g/mol. The maximum atomic E-state index is 11.6. The Balaban J connectivity index is 1.81. The van der Waals surface area contributed by atoms with E-state index < -0.39 is 5.97 Å². The van der Waals surface area contributed by atoms with Crippen LogP contribution in [0.4, 0.5) is 0 Å². The number of aromatic nitrogens is 1. The van der Waals surface area contributed by atoms with Crippen molar-refractivity contribution in [2.24, 2.45) is 9.98 Å². The third-order valence-electron chi connectivity index (χ3n) is 4.36. The summed E-state index contributed by atoms with van der Waals surface area (Å²) < 4.78 is 0. The maximum absolute atomic E-state index is 11.6. The van der Waals surface area contributed by atoms with Crippen molar-refractivity contribution in [2.45, 2.75) is 18.5 Å². The first kappa shape index (κ1) is 15.3. The van der Waals surface area contributed by atoms with E-state index in [9.17, 15) is 9.90 Å². The van der Waals surface area contributed by atoms with Gasteiger partial charge in [-0.1, -0.05) is 36.4 Å². The molecular formula is C19H16N4O2. The first-order valence-electron chi connectivity index (χ1n) is 8.04. The van der Waals surface area contributed by atoms with E-state index in [-0.39, 0.29) is 17.8 Å². The van der Waals surface area contributed by atoms with E-state index in [1.165, 1.54) is 6.20 Å². The molecule has 0 saturated heterocycles. The molecular weight excluding hydrogens is 316 g/mol. The normalized spacial score (nSPS) is 22.0. The first-order chi connectivity index (χ1) is 12.2. The van der Waals surface area contributed by atoms with Crippen molar-refractivity contribution < 1.29 is 9.90 Å². The van der Waals surface area contributed by atoms with Gasteiger partial charge in [-0.25, -0.2) is 9.79 Å². The molecule has 3 heterocycles. The number of benzene rings is 1. The fourth-order valence-corrected chi connectivity index (χ4v) is 3.22. The Bertz CT molecular complexity index is 875. The molecule has 2 atom stereocenters. The van der Waals surface area contributed by atoms with E-state index in [0.717, 1.165) is 11.3 Å². The molecule has 1 aromatic carbocycles. The zero-order valence-electron chi connectivity index (χ0n) is 13.4. The molecule has 0 fully saturated rings. The molecule has 4 rings (SSSR count). The molecule has 2 aromatic rings. The number of amidine groups is 1. The van der Waals surface area contributed by atoms with Gasteiger partial charge in [-0.3, -0.25) is 9.98 Å². The molecule has 1 aromatic heterocycles. The molecule has 0 aliphatic carbocycles. The van der Waals surface area contributed by atoms with Crippen molar-refractivity contribution in [2.75, 3.05) is 0 Å². The van der Waals surface area contributed by atoms with E-state index in [0.29, 0.717) is 12.3 Å². The van der Waals surface area contributed by atoms with Crippen molar-refractivity contribution >= 4 is 17.5 Å². The highest BCUT2D eigenvalue weighted by molar-refractivity contribution is 6.65. The second-order valence-corrected chi connectivity index (χ2v) is 5.87. The van der Waals surface area contributed by atoms with Gasteiger partial charge in [0, 0.05) is 25.0 Å². The number of rotatable bonds is 3. The van der Waals surface area contributed by atoms with Gasteiger partial charge in [-0.2, -0.15) is 0 Å². The topological polar surface area (TPSA) is 78.1 Å². The number of hydrogen-bond acceptors (Lipinski definition) is 5. The Hall–Kier alpha value is -3.28. The average Bonchev–Trinajstić information content (AvgIpc) is 2.68. The lowest BCUT2D eigenvalue weighted by molar-refractivity contribution is -0.129. The SMILES string of the molecule is O=C(O)C1=NC=CN2C1=NC(c1ccccn1)CC2c1ccccc1. The third-order valence-corrected chi connectivity index (χ3v) is 4.36. The number of nitrogens with zero attached hydrogens (tertiary/aromatic N) is 4. The number of aliphatic carboxylic acids is 1. The molecule has 0 saturated carbocycles. The van der Waals surface area contributed by atoms with Crippen LogP contribution >= 0.6 is 0 Å². The van der Waals surface area contributed by atoms with Crippen LogP contribution in [0.3, 0.4) is 0 Å². The van der Waals surface area contributed by atoms with Crippen molar-refractivity contribution in [3.05, 3.63) is 78.4 Å². The highest BCUT2D eigenvalue weighted by Gasteiger charge is 2.36. The van der Waals surface area contributed by atoms with Gasteiger partial charge in [0.15, 0.2) is 11.5 Å². The summed E-state index contributed by atoms with van der Waals surface area (Å²) >= 11 is 0. The molecule has 0 amide bonds. The summed E-state index contributed by atoms with van der Waals surface area (Å²) in [6.45, 7) is 0. The molecule has 25 heavy (non-hydrogen) atoms. The molecule has 6 heteroatoms. The van der Waals surface area contributed by atoms with Crippen molar-refractivity contribution in [1.29, 1.82) is 0 Å². The Morgan fingerprint density at radius 3 is 2.64 bits per heavy atom. The van der Waals surface area contributed by atoms with Gasteiger partial charge >= 0.3 is 5.97 Å². The van der Waals surface area contributed by atoms with Crippen molar-refractivity contribution in [1.82, 2.24) is 9.88 Å². The number of aliphatic imine (C=N–C) groups is 2. The molecule has 0 bridgehead atoms. The van der Waals surface area contributed by atoms with Gasteiger partial charge in [0.2, 0.25) is 0 Å². The van der Waals surface area contributed by atoms with E-state index in [1.807, 2.05) is 53.4 Å². The molecule has 2 aliphatic heterocycles. The number of hydrogen-bond donors (Lipinski definition) is 1. The van der Waals surface area contributed by atoms with Crippen LogP contribution in [0.25, 0.3) is 0 Å². The summed E-state index contributed by atoms with van der Waals surface area (Å²) in [4.78, 5) is 26.6. The highest BCUT2D eigenvalue weighted by atomic mass is 16.4. The maximum Gasteiger partial charge on any atom is 0.358 e. The minimum absolute atomic E-state index is 0.0261. The lowest BCUT2D eigenvalue weighted by Gasteiger charge is -2.38. The highest BCUT2D eigenvalue weighted by Crippen LogP contribution is 2.38. The Labute approximate surface area is 144 Å². The molecule has 1 N–H and O–H groups in total. The second-order valence-electron chi connectivity index (χ2n) is 5.87. The van der Waals surface area contributed by atoms with Crippen molar-refractivity contribution in [3.8, 4) is 0 Å². The molecule has 2 aliphatic rings. The summed E-state index contributed by atoms with van der Waals surface area (Å²) in [5, 5.41) is 9.50. The second kappa shape index (κ2) is 6.32. The van der Waals surface area contributed by atoms with Crippen molar-refractivity contribution in [3.63, 3.8) is 0 Å². The summed E-state index contributed by atoms with van der Waals surface area (Å²) in [7, 11) is 0. The fourth-order valence-electron chi connectivity index (χ4n) is 3.22. The van der Waals surface area contributed by atoms with Gasteiger partial charge in [0.25, 0.3) is 0 Å². The Kier molecular flexibility index (Phi) is 3.85. The van der Waals surface area contributed by atoms with Gasteiger partial charge in [-0.05, 0) is 17.7 Å². The quantitative estimate of drug-likeness (QED) is 0.937. The van der Waals surface area contributed by atoms with Crippen LogP contribution in [-0.4, -0.2) is 32.5 Å². The minimum Gasteiger partial charge on any atom is -0.476 e. The number of pyridine rings is 1. The van der Waals surface area contributed by atoms with Crippen LogP contribution in [0.15, 0.2) is 77.1 Å². The van der Waals surface area contributed by atoms with Gasteiger partial charge in [0.1, 0.15) is 0 Å².